The molecule has 1 aromatic carbocycles. The van der Waals surface area contributed by atoms with Crippen molar-refractivity contribution in [3.05, 3.63) is 35.9 Å². The molecule has 0 spiro atoms. The Bertz CT molecular complexity index is 588. The first-order valence-corrected chi connectivity index (χ1v) is 10.1. The second-order valence-corrected chi connectivity index (χ2v) is 7.90. The van der Waals surface area contributed by atoms with Crippen LogP contribution >= 0.6 is 0 Å². The lowest BCUT2D eigenvalue weighted by atomic mass is 10.1. The fraction of sp³-hybridized carbons (Fsp3) is 0.591. The summed E-state index contributed by atoms with van der Waals surface area (Å²) in [6.07, 6.45) is 0. The Morgan fingerprint density at radius 2 is 1.38 bits per heavy atom. The number of aryl methyl sites for hydroxylation is 1. The van der Waals surface area contributed by atoms with Crippen molar-refractivity contribution >= 4 is 17.7 Å². The normalized spacial score (nSPS) is 9.76. The van der Waals surface area contributed by atoms with Gasteiger partial charge < -0.3 is 10.6 Å². The SMILES string of the molecule is CC(C)C.CC(C)NCC(=O)NNC(=O)NCC(=O)C(C)C.Cc1ccccc1.[HH].[HH].[HH].[HH]. The number of hydrazine groups is 1. The standard InChI is InChI=1S/C11H22N4O3.C7H8.C4H10.4H2/c1-7(2)9(16)5-13-11(18)15-14-10(17)6-12-8(3)4;1-7-5-3-2-4-6-7;1-4(2)3;;;;/h7-8,12H,5-6H2,1-4H3,(H,14,17)(H2,13,15,18);2-6H,1H3;4H,1-3H3;4*1H. The van der Waals surface area contributed by atoms with Crippen LogP contribution in [0.3, 0.4) is 0 Å². The van der Waals surface area contributed by atoms with Crippen LogP contribution in [-0.2, 0) is 9.59 Å². The lowest BCUT2D eigenvalue weighted by Crippen LogP contribution is -2.50. The lowest BCUT2D eigenvalue weighted by Gasteiger charge is -2.11. The Labute approximate surface area is 182 Å². The molecule has 3 amide bonds. The molecule has 0 aliphatic heterocycles. The molecule has 7 heteroatoms. The average molecular weight is 417 g/mol. The van der Waals surface area contributed by atoms with Crippen LogP contribution in [0.4, 0.5) is 4.79 Å². The van der Waals surface area contributed by atoms with Gasteiger partial charge >= 0.3 is 6.03 Å². The van der Waals surface area contributed by atoms with Crippen LogP contribution < -0.4 is 21.5 Å². The van der Waals surface area contributed by atoms with Gasteiger partial charge in [0.25, 0.3) is 5.91 Å². The minimum Gasteiger partial charge on any atom is -0.330 e. The monoisotopic (exact) mass is 416 g/mol. The van der Waals surface area contributed by atoms with Crippen LogP contribution in [0, 0.1) is 18.8 Å². The number of amides is 3. The maximum Gasteiger partial charge on any atom is 0.333 e. The third kappa shape index (κ3) is 23.6. The van der Waals surface area contributed by atoms with Gasteiger partial charge in [-0.15, -0.1) is 0 Å². The van der Waals surface area contributed by atoms with E-state index in [2.05, 4.69) is 61.3 Å². The molecule has 1 rings (SSSR count). The molecule has 0 heterocycles. The number of nitrogens with one attached hydrogen (secondary N) is 4. The molecule has 0 aliphatic rings. The minimum atomic E-state index is -0.609. The van der Waals surface area contributed by atoms with E-state index in [0.29, 0.717) is 0 Å². The molecule has 0 bridgehead atoms. The summed E-state index contributed by atoms with van der Waals surface area (Å²) in [6, 6.07) is 9.84. The number of carbonyl (C=O) groups excluding carboxylic acids is 3. The maximum atomic E-state index is 11.2. The Kier molecular flexibility index (Phi) is 17.5. The fourth-order valence-electron chi connectivity index (χ4n) is 1.42. The van der Waals surface area contributed by atoms with Gasteiger partial charge in [0, 0.05) is 17.7 Å². The van der Waals surface area contributed by atoms with E-state index in [1.54, 1.807) is 13.8 Å². The summed E-state index contributed by atoms with van der Waals surface area (Å²) >= 11 is 0. The number of hydrogen-bond donors (Lipinski definition) is 4. The molecule has 1 aromatic rings. The van der Waals surface area contributed by atoms with E-state index in [-0.39, 0.29) is 42.4 Å². The van der Waals surface area contributed by atoms with E-state index in [0.717, 1.165) is 5.92 Å². The summed E-state index contributed by atoms with van der Waals surface area (Å²) in [4.78, 5) is 33.6. The Morgan fingerprint density at radius 3 is 1.76 bits per heavy atom. The van der Waals surface area contributed by atoms with Crippen LogP contribution in [0.1, 0.15) is 59.7 Å². The van der Waals surface area contributed by atoms with Crippen LogP contribution in [0.15, 0.2) is 30.3 Å². The third-order valence-electron chi connectivity index (χ3n) is 2.99. The largest absolute Gasteiger partial charge is 0.333 e. The van der Waals surface area contributed by atoms with E-state index >= 15 is 0 Å². The zero-order chi connectivity index (χ0) is 22.8. The van der Waals surface area contributed by atoms with Crippen molar-refractivity contribution in [2.24, 2.45) is 11.8 Å². The molecule has 4 N–H and O–H groups in total. The quantitative estimate of drug-likeness (QED) is 0.523. The maximum absolute atomic E-state index is 11.2. The summed E-state index contributed by atoms with van der Waals surface area (Å²) in [7, 11) is 0. The Morgan fingerprint density at radius 1 is 0.862 bits per heavy atom. The molecule has 0 radical (unpaired) electrons. The predicted octanol–water partition coefficient (Wildman–Crippen LogP) is 4.18. The van der Waals surface area contributed by atoms with Gasteiger partial charge in [-0.05, 0) is 12.8 Å². The highest BCUT2D eigenvalue weighted by Crippen LogP contribution is 1.92. The predicted molar refractivity (Wildman–Crippen MR) is 128 cm³/mol. The Balaban J connectivity index is -0.000000102. The topological polar surface area (TPSA) is 99.3 Å². The summed E-state index contributed by atoms with van der Waals surface area (Å²) in [5, 5.41) is 5.25. The van der Waals surface area contributed by atoms with Crippen molar-refractivity contribution in [3.8, 4) is 0 Å². The minimum absolute atomic E-state index is 0. The third-order valence-corrected chi connectivity index (χ3v) is 2.99. The molecule has 29 heavy (non-hydrogen) atoms. The van der Waals surface area contributed by atoms with Gasteiger partial charge in [-0.1, -0.05) is 84.4 Å². The first kappa shape index (κ1) is 28.8. The molecule has 0 saturated heterocycles. The van der Waals surface area contributed by atoms with E-state index in [4.69, 9.17) is 0 Å². The molecule has 0 aliphatic carbocycles. The van der Waals surface area contributed by atoms with Gasteiger partial charge in [0.1, 0.15) is 0 Å². The number of hydrogen-bond acceptors (Lipinski definition) is 4. The van der Waals surface area contributed by atoms with Crippen molar-refractivity contribution in [1.82, 2.24) is 21.5 Å². The van der Waals surface area contributed by atoms with E-state index < -0.39 is 6.03 Å². The number of Topliss-reactive ketones (excluding diaryl/α,β-unsaturated/α-hetero) is 1. The number of benzene rings is 1. The van der Waals surface area contributed by atoms with Gasteiger partial charge in [-0.25, -0.2) is 10.2 Å². The Hall–Kier alpha value is -2.41. The number of rotatable bonds is 6. The molecular formula is C22H48N4O3. The lowest BCUT2D eigenvalue weighted by molar-refractivity contribution is -0.121. The highest BCUT2D eigenvalue weighted by atomic mass is 16.2. The van der Waals surface area contributed by atoms with Crippen molar-refractivity contribution in [2.45, 2.75) is 61.4 Å². The summed E-state index contributed by atoms with van der Waals surface area (Å²) in [5.74, 6) is 0.280. The van der Waals surface area contributed by atoms with Crippen molar-refractivity contribution in [1.29, 1.82) is 0 Å². The molecule has 7 nitrogen and oxygen atoms in total. The van der Waals surface area contributed by atoms with Crippen LogP contribution in [0.2, 0.25) is 0 Å². The van der Waals surface area contributed by atoms with Crippen LogP contribution in [0.5, 0.6) is 0 Å². The first-order valence-electron chi connectivity index (χ1n) is 10.1. The first-order chi connectivity index (χ1) is 13.5. The highest BCUT2D eigenvalue weighted by Gasteiger charge is 2.09. The molecule has 0 saturated carbocycles. The van der Waals surface area contributed by atoms with Crippen LogP contribution in [0.25, 0.3) is 0 Å². The van der Waals surface area contributed by atoms with Gasteiger partial charge in [0.2, 0.25) is 0 Å². The van der Waals surface area contributed by atoms with Gasteiger partial charge in [0.15, 0.2) is 5.78 Å². The smallest absolute Gasteiger partial charge is 0.330 e. The van der Waals surface area contributed by atoms with E-state index in [1.807, 2.05) is 32.0 Å². The summed E-state index contributed by atoms with van der Waals surface area (Å²) < 4.78 is 0. The second kappa shape index (κ2) is 17.7. The average Bonchev–Trinajstić information content (AvgIpc) is 2.63. The van der Waals surface area contributed by atoms with Crippen LogP contribution in [-0.4, -0.2) is 36.9 Å². The summed E-state index contributed by atoms with van der Waals surface area (Å²) in [5.41, 5.74) is 5.70. The number of urea groups is 1. The molecular weight excluding hydrogens is 368 g/mol. The van der Waals surface area contributed by atoms with Crippen molar-refractivity contribution < 1.29 is 20.1 Å². The van der Waals surface area contributed by atoms with Gasteiger partial charge in [0.05, 0.1) is 13.1 Å². The molecule has 174 valence electrons. The zero-order valence-corrected chi connectivity index (χ0v) is 19.3. The molecule has 0 fully saturated rings. The fourth-order valence-corrected chi connectivity index (χ4v) is 1.42. The van der Waals surface area contributed by atoms with E-state index in [1.165, 1.54) is 5.56 Å². The van der Waals surface area contributed by atoms with Gasteiger partial charge in [-0.3, -0.25) is 15.0 Å². The molecule has 0 unspecified atom stereocenters. The van der Waals surface area contributed by atoms with Gasteiger partial charge in [-0.2, -0.15) is 0 Å². The number of carbonyl (C=O) groups is 3. The zero-order valence-electron chi connectivity index (χ0n) is 19.3. The molecule has 0 aromatic heterocycles. The molecule has 0 atom stereocenters. The highest BCUT2D eigenvalue weighted by molar-refractivity contribution is 5.87. The summed E-state index contributed by atoms with van der Waals surface area (Å²) in [6.45, 7) is 16.0. The van der Waals surface area contributed by atoms with Crippen molar-refractivity contribution in [3.63, 3.8) is 0 Å². The van der Waals surface area contributed by atoms with E-state index in [9.17, 15) is 14.4 Å². The number of ketones is 1. The second-order valence-electron chi connectivity index (χ2n) is 7.90. The van der Waals surface area contributed by atoms with Crippen molar-refractivity contribution in [2.75, 3.05) is 13.1 Å².